The number of methoxy groups -OCH3 is 1. The molecule has 0 atom stereocenters. The minimum atomic E-state index is -5.26. The van der Waals surface area contributed by atoms with Gasteiger partial charge in [0.1, 0.15) is 0 Å². The second kappa shape index (κ2) is 5.88. The van der Waals surface area contributed by atoms with Crippen LogP contribution in [0.2, 0.25) is 0 Å². The number of alkyl halides is 5. The van der Waals surface area contributed by atoms with Crippen molar-refractivity contribution in [3.05, 3.63) is 17.3 Å². The van der Waals surface area contributed by atoms with Gasteiger partial charge in [0, 0.05) is 6.07 Å². The molecule has 0 unspecified atom stereocenters. The highest BCUT2D eigenvalue weighted by Gasteiger charge is 2.35. The number of halogens is 5. The lowest BCUT2D eigenvalue weighted by Crippen LogP contribution is -2.21. The number of aliphatic carboxylic acids is 1. The van der Waals surface area contributed by atoms with Crippen LogP contribution in [-0.4, -0.2) is 29.5 Å². The number of hydrogen-bond acceptors (Lipinski definition) is 4. The Bertz CT molecular complexity index is 503. The largest absolute Gasteiger partial charge is 0.573 e. The van der Waals surface area contributed by atoms with Crippen molar-refractivity contribution >= 4 is 5.97 Å². The Morgan fingerprint density at radius 2 is 2.05 bits per heavy atom. The lowest BCUT2D eigenvalue weighted by Gasteiger charge is -2.16. The molecule has 10 heteroatoms. The van der Waals surface area contributed by atoms with E-state index < -0.39 is 48.1 Å². The quantitative estimate of drug-likeness (QED) is 0.846. The van der Waals surface area contributed by atoms with Gasteiger partial charge in [-0.05, 0) is 0 Å². The van der Waals surface area contributed by atoms with Crippen molar-refractivity contribution < 1.29 is 41.3 Å². The summed E-state index contributed by atoms with van der Waals surface area (Å²) in [5.74, 6) is -3.32. The van der Waals surface area contributed by atoms with Gasteiger partial charge in [0.15, 0.2) is 5.75 Å². The molecule has 1 N–H and O–H groups in total. The van der Waals surface area contributed by atoms with Gasteiger partial charge in [0.05, 0.1) is 24.8 Å². The van der Waals surface area contributed by atoms with E-state index in [1.165, 1.54) is 0 Å². The van der Waals surface area contributed by atoms with Crippen LogP contribution in [0.3, 0.4) is 0 Å². The van der Waals surface area contributed by atoms with E-state index in [1.54, 1.807) is 0 Å². The summed E-state index contributed by atoms with van der Waals surface area (Å²) in [4.78, 5) is 14.0. The molecule has 0 aliphatic heterocycles. The molecule has 0 aromatic carbocycles. The van der Waals surface area contributed by atoms with E-state index in [9.17, 15) is 26.7 Å². The van der Waals surface area contributed by atoms with Crippen molar-refractivity contribution in [2.75, 3.05) is 7.11 Å². The summed E-state index contributed by atoms with van der Waals surface area (Å²) in [5.41, 5.74) is -1.95. The standard InChI is InChI=1S/C10H8F5NO4/c1-19-6-2-4(9(11)12)8(20-10(13,14)15)5(16-6)3-7(17)18/h2,9H,3H2,1H3,(H,17,18). The van der Waals surface area contributed by atoms with Gasteiger partial charge >= 0.3 is 12.3 Å². The Balaban J connectivity index is 3.42. The third kappa shape index (κ3) is 4.21. The fraction of sp³-hybridized carbons (Fsp3) is 0.400. The summed E-state index contributed by atoms with van der Waals surface area (Å²) < 4.78 is 70.2. The monoisotopic (exact) mass is 301 g/mol. The second-order valence-electron chi connectivity index (χ2n) is 3.45. The van der Waals surface area contributed by atoms with Crippen LogP contribution in [0.4, 0.5) is 22.0 Å². The van der Waals surface area contributed by atoms with Crippen LogP contribution in [0.1, 0.15) is 17.7 Å². The second-order valence-corrected chi connectivity index (χ2v) is 3.45. The maximum Gasteiger partial charge on any atom is 0.573 e. The number of hydrogen-bond donors (Lipinski definition) is 1. The van der Waals surface area contributed by atoms with Gasteiger partial charge in [0.2, 0.25) is 5.88 Å². The van der Waals surface area contributed by atoms with Gasteiger partial charge in [0.25, 0.3) is 6.43 Å². The van der Waals surface area contributed by atoms with Crippen LogP contribution in [-0.2, 0) is 11.2 Å². The highest BCUT2D eigenvalue weighted by atomic mass is 19.4. The molecule has 20 heavy (non-hydrogen) atoms. The molecule has 0 fully saturated rings. The van der Waals surface area contributed by atoms with Crippen LogP contribution in [0.5, 0.6) is 11.6 Å². The van der Waals surface area contributed by atoms with Crippen molar-refractivity contribution in [2.24, 2.45) is 0 Å². The fourth-order valence-corrected chi connectivity index (χ4v) is 1.34. The van der Waals surface area contributed by atoms with Crippen molar-refractivity contribution in [2.45, 2.75) is 19.2 Å². The number of carbonyl (C=O) groups is 1. The predicted octanol–water partition coefficient (Wildman–Crippen LogP) is 2.55. The summed E-state index contributed by atoms with van der Waals surface area (Å²) in [6, 6.07) is 0.553. The van der Waals surface area contributed by atoms with Crippen molar-refractivity contribution in [1.82, 2.24) is 4.98 Å². The third-order valence-electron chi connectivity index (χ3n) is 2.03. The molecule has 0 radical (unpaired) electrons. The predicted molar refractivity (Wildman–Crippen MR) is 53.8 cm³/mol. The van der Waals surface area contributed by atoms with Crippen LogP contribution in [0.15, 0.2) is 6.07 Å². The maximum atomic E-state index is 12.8. The zero-order chi connectivity index (χ0) is 15.5. The average Bonchev–Trinajstić information content (AvgIpc) is 2.28. The van der Waals surface area contributed by atoms with Crippen LogP contribution in [0.25, 0.3) is 0 Å². The van der Waals surface area contributed by atoms with E-state index in [4.69, 9.17) is 5.11 Å². The number of aromatic nitrogens is 1. The SMILES string of the molecule is COc1cc(C(F)F)c(OC(F)(F)F)c(CC(=O)O)n1. The highest BCUT2D eigenvalue weighted by Crippen LogP contribution is 2.37. The lowest BCUT2D eigenvalue weighted by atomic mass is 10.1. The molecule has 1 rings (SSSR count). The van der Waals surface area contributed by atoms with E-state index in [0.717, 1.165) is 7.11 Å². The topological polar surface area (TPSA) is 68.7 Å². The highest BCUT2D eigenvalue weighted by molar-refractivity contribution is 5.71. The molecule has 0 spiro atoms. The van der Waals surface area contributed by atoms with Gasteiger partial charge in [-0.15, -0.1) is 13.2 Å². The molecule has 5 nitrogen and oxygen atoms in total. The van der Waals surface area contributed by atoms with Crippen LogP contribution in [0, 0.1) is 0 Å². The van der Waals surface area contributed by atoms with E-state index in [2.05, 4.69) is 14.5 Å². The minimum absolute atomic E-state index is 0.439. The van der Waals surface area contributed by atoms with Gasteiger partial charge in [-0.2, -0.15) is 0 Å². The molecular formula is C10H8F5NO4. The Kier molecular flexibility index (Phi) is 4.69. The van der Waals surface area contributed by atoms with Gasteiger partial charge in [-0.1, -0.05) is 0 Å². The van der Waals surface area contributed by atoms with Crippen molar-refractivity contribution in [1.29, 1.82) is 0 Å². The van der Waals surface area contributed by atoms with Crippen LogP contribution < -0.4 is 9.47 Å². The van der Waals surface area contributed by atoms with Gasteiger partial charge in [-0.25, -0.2) is 13.8 Å². The van der Waals surface area contributed by atoms with Crippen molar-refractivity contribution in [3.8, 4) is 11.6 Å². The fourth-order valence-electron chi connectivity index (χ4n) is 1.34. The first-order valence-electron chi connectivity index (χ1n) is 4.97. The van der Waals surface area contributed by atoms with Gasteiger partial charge < -0.3 is 14.6 Å². The summed E-state index contributed by atoms with van der Waals surface area (Å²) >= 11 is 0. The van der Waals surface area contributed by atoms with E-state index in [0.29, 0.717) is 6.07 Å². The van der Waals surface area contributed by atoms with E-state index in [1.807, 2.05) is 0 Å². The summed E-state index contributed by atoms with van der Waals surface area (Å²) in [7, 11) is 1.05. The lowest BCUT2D eigenvalue weighted by molar-refractivity contribution is -0.275. The number of nitrogens with zero attached hydrogens (tertiary/aromatic N) is 1. The maximum absolute atomic E-state index is 12.8. The molecule has 0 saturated carbocycles. The molecule has 112 valence electrons. The number of pyridine rings is 1. The summed E-state index contributed by atoms with van der Waals surface area (Å²) in [6.45, 7) is 0. The molecular weight excluding hydrogens is 293 g/mol. The molecule has 0 aliphatic carbocycles. The molecule has 0 amide bonds. The first kappa shape index (κ1) is 15.9. The smallest absolute Gasteiger partial charge is 0.481 e. The minimum Gasteiger partial charge on any atom is -0.481 e. The summed E-state index contributed by atoms with van der Waals surface area (Å²) in [5, 5.41) is 8.58. The van der Waals surface area contributed by atoms with Crippen LogP contribution >= 0.6 is 0 Å². The zero-order valence-corrected chi connectivity index (χ0v) is 9.87. The summed E-state index contributed by atoms with van der Waals surface area (Å²) in [6.07, 6.45) is -9.60. The Hall–Kier alpha value is -2.13. The molecule has 1 aromatic heterocycles. The molecule has 0 saturated heterocycles. The Morgan fingerprint density at radius 1 is 1.45 bits per heavy atom. The van der Waals surface area contributed by atoms with Crippen molar-refractivity contribution in [3.63, 3.8) is 0 Å². The Morgan fingerprint density at radius 3 is 2.45 bits per heavy atom. The molecule has 0 aliphatic rings. The molecule has 1 heterocycles. The average molecular weight is 301 g/mol. The number of carboxylic acid groups (broad SMARTS) is 1. The normalized spacial score (nSPS) is 11.6. The molecule has 0 bridgehead atoms. The number of rotatable bonds is 5. The van der Waals surface area contributed by atoms with E-state index >= 15 is 0 Å². The number of ether oxygens (including phenoxy) is 2. The number of carboxylic acids is 1. The first-order chi connectivity index (χ1) is 9.14. The third-order valence-corrected chi connectivity index (χ3v) is 2.03. The zero-order valence-electron chi connectivity index (χ0n) is 9.87. The van der Waals surface area contributed by atoms with E-state index in [-0.39, 0.29) is 0 Å². The first-order valence-corrected chi connectivity index (χ1v) is 4.97. The van der Waals surface area contributed by atoms with Gasteiger partial charge in [-0.3, -0.25) is 4.79 Å². The Labute approximate surface area is 108 Å². The molecule has 1 aromatic rings.